The predicted molar refractivity (Wildman–Crippen MR) is 76.1 cm³/mol. The normalized spacial score (nSPS) is 12.7. The first-order chi connectivity index (χ1) is 9.93. The van der Waals surface area contributed by atoms with Crippen LogP contribution < -0.4 is 0 Å². The second-order valence-electron chi connectivity index (χ2n) is 5.04. The number of rotatable bonds is 8. The molecule has 0 bridgehead atoms. The topological polar surface area (TPSA) is 57.5 Å². The molecule has 0 aliphatic carbocycles. The molecule has 0 saturated carbocycles. The highest BCUT2D eigenvalue weighted by molar-refractivity contribution is 5.66. The zero-order valence-corrected chi connectivity index (χ0v) is 12.0. The number of allylic oxidation sites excluding steroid dienone is 2. The molecule has 2 N–H and O–H groups in total. The van der Waals surface area contributed by atoms with Crippen molar-refractivity contribution in [1.29, 1.82) is 0 Å². The minimum Gasteiger partial charge on any atom is -0.503 e. The Hall–Kier alpha value is -1.91. The number of hydrogen-bond acceptors (Lipinski definition) is 2. The molecule has 1 unspecified atom stereocenters. The third-order valence-electron chi connectivity index (χ3n) is 3.25. The molecule has 3 nitrogen and oxygen atoms in total. The lowest BCUT2D eigenvalue weighted by Crippen LogP contribution is -2.04. The Morgan fingerprint density at radius 3 is 2.43 bits per heavy atom. The van der Waals surface area contributed by atoms with Crippen LogP contribution in [0.15, 0.2) is 24.3 Å². The predicted octanol–water partition coefficient (Wildman–Crippen LogP) is 4.05. The van der Waals surface area contributed by atoms with Crippen LogP contribution in [0.4, 0.5) is 8.78 Å². The maximum atomic E-state index is 13.3. The van der Waals surface area contributed by atoms with Crippen molar-refractivity contribution in [3.63, 3.8) is 0 Å². The Balaban J connectivity index is 2.63. The van der Waals surface area contributed by atoms with Crippen LogP contribution in [0.3, 0.4) is 0 Å². The van der Waals surface area contributed by atoms with Gasteiger partial charge in [0.2, 0.25) is 0 Å². The van der Waals surface area contributed by atoms with Gasteiger partial charge in [0.05, 0.1) is 0 Å². The maximum absolute atomic E-state index is 13.3. The molecule has 0 fully saturated rings. The van der Waals surface area contributed by atoms with Crippen molar-refractivity contribution in [2.24, 2.45) is 5.92 Å². The second kappa shape index (κ2) is 8.39. The van der Waals surface area contributed by atoms with Crippen LogP contribution in [-0.4, -0.2) is 16.2 Å². The summed E-state index contributed by atoms with van der Waals surface area (Å²) in [5, 5.41) is 17.7. The van der Waals surface area contributed by atoms with E-state index in [1.165, 1.54) is 0 Å². The van der Waals surface area contributed by atoms with Crippen molar-refractivity contribution in [3.8, 4) is 5.75 Å². The van der Waals surface area contributed by atoms with Crippen LogP contribution in [0.2, 0.25) is 0 Å². The van der Waals surface area contributed by atoms with E-state index in [2.05, 4.69) is 0 Å². The minimum atomic E-state index is -0.963. The standard InChI is InChI=1S/C16H20F2O3/c1-2-5-11(6-3-4-7-15(19)20)8-12-9-13(17)16(21)14(18)10-12/h2,5,9-11,21H,3-4,6-8H2,1H3,(H,19,20)/b5-2+. The van der Waals surface area contributed by atoms with E-state index in [4.69, 9.17) is 10.2 Å². The number of benzene rings is 1. The summed E-state index contributed by atoms with van der Waals surface area (Å²) in [6.07, 6.45) is 6.47. The first-order valence-electron chi connectivity index (χ1n) is 6.95. The minimum absolute atomic E-state index is 0.0899. The molecule has 0 spiro atoms. The van der Waals surface area contributed by atoms with Gasteiger partial charge in [-0.3, -0.25) is 4.79 Å². The highest BCUT2D eigenvalue weighted by Crippen LogP contribution is 2.24. The molecule has 1 rings (SSSR count). The molecule has 1 aromatic rings. The quantitative estimate of drug-likeness (QED) is 0.562. The third kappa shape index (κ3) is 5.94. The molecule has 1 aromatic carbocycles. The molecule has 0 radical (unpaired) electrons. The summed E-state index contributed by atoms with van der Waals surface area (Å²) in [5.74, 6) is -3.61. The lowest BCUT2D eigenvalue weighted by molar-refractivity contribution is -0.137. The summed E-state index contributed by atoms with van der Waals surface area (Å²) in [4.78, 5) is 10.4. The summed E-state index contributed by atoms with van der Waals surface area (Å²) < 4.78 is 26.6. The van der Waals surface area contributed by atoms with E-state index in [-0.39, 0.29) is 12.3 Å². The van der Waals surface area contributed by atoms with E-state index >= 15 is 0 Å². The van der Waals surface area contributed by atoms with Gasteiger partial charge in [-0.2, -0.15) is 0 Å². The van der Waals surface area contributed by atoms with Crippen molar-refractivity contribution < 1.29 is 23.8 Å². The second-order valence-corrected chi connectivity index (χ2v) is 5.04. The number of halogens is 2. The van der Waals surface area contributed by atoms with Crippen LogP contribution >= 0.6 is 0 Å². The fourth-order valence-corrected chi connectivity index (χ4v) is 2.26. The molecule has 0 aromatic heterocycles. The SMILES string of the molecule is C/C=C/C(CCCCC(=O)O)Cc1cc(F)c(O)c(F)c1. The molecular weight excluding hydrogens is 278 g/mol. The van der Waals surface area contributed by atoms with Crippen LogP contribution in [-0.2, 0) is 11.2 Å². The molecule has 0 aliphatic rings. The van der Waals surface area contributed by atoms with Gasteiger partial charge in [0.1, 0.15) is 0 Å². The van der Waals surface area contributed by atoms with Crippen molar-refractivity contribution in [2.45, 2.75) is 39.0 Å². The van der Waals surface area contributed by atoms with Crippen molar-refractivity contribution in [2.75, 3.05) is 0 Å². The van der Waals surface area contributed by atoms with Crippen molar-refractivity contribution in [3.05, 3.63) is 41.5 Å². The van der Waals surface area contributed by atoms with Crippen LogP contribution in [0.5, 0.6) is 5.75 Å². The fraction of sp³-hybridized carbons (Fsp3) is 0.438. The van der Waals surface area contributed by atoms with Gasteiger partial charge in [0, 0.05) is 6.42 Å². The number of hydrogen-bond donors (Lipinski definition) is 2. The zero-order valence-electron chi connectivity index (χ0n) is 12.0. The lowest BCUT2D eigenvalue weighted by atomic mass is 9.93. The van der Waals surface area contributed by atoms with Gasteiger partial charge >= 0.3 is 5.97 Å². The molecule has 0 heterocycles. The van der Waals surface area contributed by atoms with E-state index in [1.54, 1.807) is 0 Å². The van der Waals surface area contributed by atoms with E-state index in [0.29, 0.717) is 18.4 Å². The number of phenols is 1. The number of carbonyl (C=O) groups is 1. The molecule has 0 aliphatic heterocycles. The van der Waals surface area contributed by atoms with E-state index in [9.17, 15) is 13.6 Å². The average molecular weight is 298 g/mol. The Kier molecular flexibility index (Phi) is 6.85. The molecule has 5 heteroatoms. The first kappa shape index (κ1) is 17.1. The Morgan fingerprint density at radius 1 is 1.29 bits per heavy atom. The molecular formula is C16H20F2O3. The Morgan fingerprint density at radius 2 is 1.90 bits per heavy atom. The molecule has 1 atom stereocenters. The first-order valence-corrected chi connectivity index (χ1v) is 6.95. The van der Waals surface area contributed by atoms with Crippen molar-refractivity contribution in [1.82, 2.24) is 0 Å². The number of aromatic hydroxyl groups is 1. The van der Waals surface area contributed by atoms with E-state index in [0.717, 1.165) is 25.0 Å². The number of phenolic OH excluding ortho intramolecular Hbond substituents is 1. The van der Waals surface area contributed by atoms with E-state index < -0.39 is 23.4 Å². The fourth-order valence-electron chi connectivity index (χ4n) is 2.26. The number of carboxylic acid groups (broad SMARTS) is 1. The summed E-state index contributed by atoms with van der Waals surface area (Å²) in [7, 11) is 0. The Labute approximate surface area is 122 Å². The number of aliphatic carboxylic acids is 1. The maximum Gasteiger partial charge on any atom is 0.303 e. The summed E-state index contributed by atoms with van der Waals surface area (Å²) >= 11 is 0. The summed E-state index contributed by atoms with van der Waals surface area (Å²) in [6, 6.07) is 2.26. The van der Waals surface area contributed by atoms with Crippen LogP contribution in [0.25, 0.3) is 0 Å². The molecule has 0 amide bonds. The van der Waals surface area contributed by atoms with Crippen LogP contribution in [0.1, 0.15) is 38.2 Å². The van der Waals surface area contributed by atoms with Gasteiger partial charge in [-0.15, -0.1) is 0 Å². The number of carboxylic acids is 1. The highest BCUT2D eigenvalue weighted by atomic mass is 19.1. The van der Waals surface area contributed by atoms with Crippen molar-refractivity contribution >= 4 is 5.97 Å². The van der Waals surface area contributed by atoms with Gasteiger partial charge in [-0.05, 0) is 49.8 Å². The monoisotopic (exact) mass is 298 g/mol. The van der Waals surface area contributed by atoms with E-state index in [1.807, 2.05) is 19.1 Å². The van der Waals surface area contributed by atoms with Gasteiger partial charge in [0.15, 0.2) is 17.4 Å². The van der Waals surface area contributed by atoms with Gasteiger partial charge in [-0.1, -0.05) is 18.6 Å². The molecule has 116 valence electrons. The Bertz CT molecular complexity index is 489. The lowest BCUT2D eigenvalue weighted by Gasteiger charge is -2.13. The van der Waals surface area contributed by atoms with Gasteiger partial charge in [0.25, 0.3) is 0 Å². The molecule has 0 saturated heterocycles. The van der Waals surface area contributed by atoms with Gasteiger partial charge in [-0.25, -0.2) is 8.78 Å². The average Bonchev–Trinajstić information content (AvgIpc) is 2.40. The zero-order chi connectivity index (χ0) is 15.8. The third-order valence-corrected chi connectivity index (χ3v) is 3.25. The highest BCUT2D eigenvalue weighted by Gasteiger charge is 2.13. The number of unbranched alkanes of at least 4 members (excludes halogenated alkanes) is 1. The van der Waals surface area contributed by atoms with Gasteiger partial charge < -0.3 is 10.2 Å². The van der Waals surface area contributed by atoms with Crippen LogP contribution in [0, 0.1) is 17.6 Å². The molecule has 21 heavy (non-hydrogen) atoms. The summed E-state index contributed by atoms with van der Waals surface area (Å²) in [5.41, 5.74) is 0.476. The summed E-state index contributed by atoms with van der Waals surface area (Å²) in [6.45, 7) is 1.86. The smallest absolute Gasteiger partial charge is 0.303 e. The largest absolute Gasteiger partial charge is 0.503 e.